The fraction of sp³-hybridized carbons (Fsp3) is 0.500. The fourth-order valence-electron chi connectivity index (χ4n) is 3.03. The van der Waals surface area contributed by atoms with Crippen LogP contribution in [0.2, 0.25) is 5.02 Å². The minimum atomic E-state index is -3.47. The summed E-state index contributed by atoms with van der Waals surface area (Å²) in [5, 5.41) is 11.6. The van der Waals surface area contributed by atoms with Gasteiger partial charge in [-0.05, 0) is 43.0 Å². The molecule has 0 aromatic heterocycles. The molecule has 1 aliphatic carbocycles. The number of hydrogen-bond donors (Lipinski definition) is 1. The molecular formula is C16H19ClN2O3S. The standard InChI is InChI=1S/C16H19ClN2O3S/c17-13-5-7-14(8-6-13)23(21,22)11-12-3-1-2-4-15(12)16(20)19-10-9-18/h5-8,12,15H,1-4,10-11H2,(H,19,20). The zero-order valence-electron chi connectivity index (χ0n) is 12.7. The van der Waals surface area contributed by atoms with E-state index >= 15 is 0 Å². The molecule has 1 aromatic carbocycles. The molecule has 1 N–H and O–H groups in total. The quantitative estimate of drug-likeness (QED) is 0.823. The largest absolute Gasteiger partial charge is 0.343 e. The van der Waals surface area contributed by atoms with E-state index in [1.54, 1.807) is 12.1 Å². The molecule has 1 aromatic rings. The maximum atomic E-state index is 12.6. The molecule has 1 amide bonds. The van der Waals surface area contributed by atoms with Gasteiger partial charge in [0.1, 0.15) is 6.54 Å². The minimum absolute atomic E-state index is 0.0496. The lowest BCUT2D eigenvalue weighted by molar-refractivity contribution is -0.127. The van der Waals surface area contributed by atoms with Gasteiger partial charge in [-0.15, -0.1) is 0 Å². The minimum Gasteiger partial charge on any atom is -0.343 e. The predicted molar refractivity (Wildman–Crippen MR) is 87.6 cm³/mol. The van der Waals surface area contributed by atoms with Crippen LogP contribution in [-0.2, 0) is 14.6 Å². The van der Waals surface area contributed by atoms with Gasteiger partial charge in [-0.3, -0.25) is 4.79 Å². The number of nitrogens with one attached hydrogen (secondary N) is 1. The summed E-state index contributed by atoms with van der Waals surface area (Å²) < 4.78 is 25.1. The van der Waals surface area contributed by atoms with Crippen molar-refractivity contribution in [1.29, 1.82) is 5.26 Å². The number of nitriles is 1. The summed E-state index contributed by atoms with van der Waals surface area (Å²) in [7, 11) is -3.47. The second-order valence-electron chi connectivity index (χ2n) is 5.76. The zero-order valence-corrected chi connectivity index (χ0v) is 14.2. The van der Waals surface area contributed by atoms with Crippen LogP contribution in [0.3, 0.4) is 0 Å². The molecule has 1 saturated carbocycles. The molecule has 2 unspecified atom stereocenters. The van der Waals surface area contributed by atoms with Crippen molar-refractivity contribution in [3.63, 3.8) is 0 Å². The Balaban J connectivity index is 2.13. The second-order valence-corrected chi connectivity index (χ2v) is 8.23. The van der Waals surface area contributed by atoms with Crippen molar-refractivity contribution < 1.29 is 13.2 Å². The maximum Gasteiger partial charge on any atom is 0.224 e. The van der Waals surface area contributed by atoms with Crippen LogP contribution in [0.4, 0.5) is 0 Å². The summed E-state index contributed by atoms with van der Waals surface area (Å²) in [5.74, 6) is -0.843. The van der Waals surface area contributed by atoms with E-state index in [9.17, 15) is 13.2 Å². The molecule has 2 atom stereocenters. The normalized spacial score (nSPS) is 21.4. The van der Waals surface area contributed by atoms with Gasteiger partial charge in [-0.2, -0.15) is 5.26 Å². The summed E-state index contributed by atoms with van der Waals surface area (Å²) in [6.07, 6.45) is 3.19. The Morgan fingerprint density at radius 2 is 1.91 bits per heavy atom. The molecule has 1 fully saturated rings. The van der Waals surface area contributed by atoms with E-state index in [0.29, 0.717) is 17.9 Å². The van der Waals surface area contributed by atoms with E-state index in [0.717, 1.165) is 12.8 Å². The number of nitrogens with zero attached hydrogens (tertiary/aromatic N) is 1. The number of sulfone groups is 1. The highest BCUT2D eigenvalue weighted by atomic mass is 35.5. The molecule has 5 nitrogen and oxygen atoms in total. The Labute approximate surface area is 141 Å². The van der Waals surface area contributed by atoms with Crippen molar-refractivity contribution in [2.75, 3.05) is 12.3 Å². The van der Waals surface area contributed by atoms with Crippen molar-refractivity contribution in [2.24, 2.45) is 11.8 Å². The second kappa shape index (κ2) is 7.80. The van der Waals surface area contributed by atoms with Crippen molar-refractivity contribution >= 4 is 27.3 Å². The number of carbonyl (C=O) groups excluding carboxylic acids is 1. The van der Waals surface area contributed by atoms with E-state index < -0.39 is 9.84 Å². The summed E-state index contributed by atoms with van der Waals surface area (Å²) >= 11 is 5.79. The van der Waals surface area contributed by atoms with Gasteiger partial charge in [0.2, 0.25) is 5.91 Å². The Bertz CT molecular complexity index is 695. The van der Waals surface area contributed by atoms with Crippen LogP contribution in [0.15, 0.2) is 29.2 Å². The van der Waals surface area contributed by atoms with E-state index in [1.807, 2.05) is 6.07 Å². The first kappa shape index (κ1) is 17.8. The molecule has 0 aliphatic heterocycles. The van der Waals surface area contributed by atoms with Gasteiger partial charge < -0.3 is 5.32 Å². The molecule has 0 heterocycles. The number of amides is 1. The molecule has 124 valence electrons. The zero-order chi connectivity index (χ0) is 16.9. The maximum absolute atomic E-state index is 12.6. The lowest BCUT2D eigenvalue weighted by Crippen LogP contribution is -2.39. The molecule has 2 rings (SSSR count). The molecule has 0 saturated heterocycles. The summed E-state index contributed by atoms with van der Waals surface area (Å²) in [5.41, 5.74) is 0. The Morgan fingerprint density at radius 1 is 1.26 bits per heavy atom. The Morgan fingerprint density at radius 3 is 2.57 bits per heavy atom. The van der Waals surface area contributed by atoms with Crippen LogP contribution in [0.1, 0.15) is 25.7 Å². The topological polar surface area (TPSA) is 87.0 Å². The van der Waals surface area contributed by atoms with Gasteiger partial charge in [-0.1, -0.05) is 24.4 Å². The first-order chi connectivity index (χ1) is 10.9. The number of benzene rings is 1. The first-order valence-corrected chi connectivity index (χ1v) is 9.60. The van der Waals surface area contributed by atoms with E-state index in [-0.39, 0.29) is 34.9 Å². The highest BCUT2D eigenvalue weighted by molar-refractivity contribution is 7.91. The number of hydrogen-bond acceptors (Lipinski definition) is 4. The predicted octanol–water partition coefficient (Wildman–Crippen LogP) is 2.56. The van der Waals surface area contributed by atoms with Crippen molar-refractivity contribution in [3.05, 3.63) is 29.3 Å². The fourth-order valence-corrected chi connectivity index (χ4v) is 4.86. The average Bonchev–Trinajstić information content (AvgIpc) is 2.53. The molecule has 0 bridgehead atoms. The highest BCUT2D eigenvalue weighted by Crippen LogP contribution is 2.32. The van der Waals surface area contributed by atoms with E-state index in [4.69, 9.17) is 16.9 Å². The van der Waals surface area contributed by atoms with Gasteiger partial charge in [0, 0.05) is 10.9 Å². The summed E-state index contributed by atoms with van der Waals surface area (Å²) in [6.45, 7) is -0.0496. The molecule has 7 heteroatoms. The SMILES string of the molecule is N#CCNC(=O)C1CCCCC1CS(=O)(=O)c1ccc(Cl)cc1. The number of carbonyl (C=O) groups is 1. The van der Waals surface area contributed by atoms with Crippen LogP contribution in [0.25, 0.3) is 0 Å². The molecule has 0 radical (unpaired) electrons. The highest BCUT2D eigenvalue weighted by Gasteiger charge is 2.34. The van der Waals surface area contributed by atoms with Crippen LogP contribution >= 0.6 is 11.6 Å². The average molecular weight is 355 g/mol. The van der Waals surface area contributed by atoms with Gasteiger partial charge >= 0.3 is 0 Å². The summed E-state index contributed by atoms with van der Waals surface area (Å²) in [6, 6.07) is 7.95. The lowest BCUT2D eigenvalue weighted by Gasteiger charge is -2.30. The molecular weight excluding hydrogens is 336 g/mol. The first-order valence-electron chi connectivity index (χ1n) is 7.57. The molecule has 0 spiro atoms. The van der Waals surface area contributed by atoms with Crippen molar-refractivity contribution in [3.8, 4) is 6.07 Å². The third kappa shape index (κ3) is 4.69. The summed E-state index contributed by atoms with van der Waals surface area (Å²) in [4.78, 5) is 12.4. The number of halogens is 1. The molecule has 23 heavy (non-hydrogen) atoms. The Kier molecular flexibility index (Phi) is 6.03. The number of rotatable bonds is 5. The smallest absolute Gasteiger partial charge is 0.224 e. The van der Waals surface area contributed by atoms with Gasteiger partial charge in [0.15, 0.2) is 9.84 Å². The van der Waals surface area contributed by atoms with Crippen LogP contribution in [0.5, 0.6) is 0 Å². The van der Waals surface area contributed by atoms with E-state index in [2.05, 4.69) is 5.32 Å². The van der Waals surface area contributed by atoms with Gasteiger partial charge in [0.05, 0.1) is 16.7 Å². The van der Waals surface area contributed by atoms with Crippen LogP contribution < -0.4 is 5.32 Å². The molecule has 1 aliphatic rings. The van der Waals surface area contributed by atoms with E-state index in [1.165, 1.54) is 12.1 Å². The van der Waals surface area contributed by atoms with Crippen molar-refractivity contribution in [2.45, 2.75) is 30.6 Å². The Hall–Kier alpha value is -1.58. The monoisotopic (exact) mass is 354 g/mol. The van der Waals surface area contributed by atoms with Crippen molar-refractivity contribution in [1.82, 2.24) is 5.32 Å². The van der Waals surface area contributed by atoms with Gasteiger partial charge in [0.25, 0.3) is 0 Å². The third-order valence-electron chi connectivity index (χ3n) is 4.19. The van der Waals surface area contributed by atoms with Crippen LogP contribution in [-0.4, -0.2) is 26.6 Å². The van der Waals surface area contributed by atoms with Crippen LogP contribution in [0, 0.1) is 23.2 Å². The van der Waals surface area contributed by atoms with Gasteiger partial charge in [-0.25, -0.2) is 8.42 Å². The lowest BCUT2D eigenvalue weighted by atomic mass is 9.80. The third-order valence-corrected chi connectivity index (χ3v) is 6.30.